The molecular formula is C25H18FI2N3O7. The number of nitrogens with one attached hydrogen (secondary N) is 2. The number of carbonyl (C=O) groups is 4. The van der Waals surface area contributed by atoms with Crippen molar-refractivity contribution in [2.45, 2.75) is 6.54 Å². The maximum Gasteiger partial charge on any atom is 0.373 e. The van der Waals surface area contributed by atoms with Crippen molar-refractivity contribution in [1.29, 1.82) is 0 Å². The van der Waals surface area contributed by atoms with Crippen LogP contribution in [0.1, 0.15) is 21.9 Å². The van der Waals surface area contributed by atoms with Gasteiger partial charge in [-0.15, -0.1) is 0 Å². The van der Waals surface area contributed by atoms with E-state index in [9.17, 15) is 23.6 Å². The SMILES string of the molecule is COC(=O)c1ccc(CN2C(=O)N/C(=C\c3cc(I)c(OCC(=O)Nc4ccc(F)cc4)c(I)c3)C2=O)o1. The molecule has 1 aliphatic rings. The molecule has 1 fully saturated rings. The van der Waals surface area contributed by atoms with Crippen LogP contribution >= 0.6 is 45.2 Å². The highest BCUT2D eigenvalue weighted by Crippen LogP contribution is 2.30. The first-order valence-electron chi connectivity index (χ1n) is 10.8. The molecular weight excluding hydrogens is 727 g/mol. The van der Waals surface area contributed by atoms with Crippen molar-refractivity contribution in [3.63, 3.8) is 0 Å². The number of rotatable bonds is 8. The van der Waals surface area contributed by atoms with Crippen molar-refractivity contribution >= 4 is 80.8 Å². The van der Waals surface area contributed by atoms with Gasteiger partial charge in [0.25, 0.3) is 11.8 Å². The van der Waals surface area contributed by atoms with Crippen LogP contribution in [0, 0.1) is 13.0 Å². The normalized spacial score (nSPS) is 14.0. The molecule has 4 rings (SSSR count). The second-order valence-corrected chi connectivity index (χ2v) is 10.1. The zero-order chi connectivity index (χ0) is 27.4. The lowest BCUT2D eigenvalue weighted by Crippen LogP contribution is -2.30. The molecule has 0 unspecified atom stereocenters. The first-order valence-corrected chi connectivity index (χ1v) is 13.0. The summed E-state index contributed by atoms with van der Waals surface area (Å²) < 4.78 is 30.0. The van der Waals surface area contributed by atoms with E-state index in [-0.39, 0.29) is 30.4 Å². The number of halogens is 3. The van der Waals surface area contributed by atoms with Gasteiger partial charge in [0.2, 0.25) is 5.76 Å². The smallest absolute Gasteiger partial charge is 0.373 e. The molecule has 1 saturated heterocycles. The Morgan fingerprint density at radius 2 is 1.79 bits per heavy atom. The highest BCUT2D eigenvalue weighted by Gasteiger charge is 2.34. The predicted molar refractivity (Wildman–Crippen MR) is 150 cm³/mol. The summed E-state index contributed by atoms with van der Waals surface area (Å²) in [4.78, 5) is 50.0. The zero-order valence-corrected chi connectivity index (χ0v) is 23.9. The van der Waals surface area contributed by atoms with E-state index in [0.29, 0.717) is 24.1 Å². The quantitative estimate of drug-likeness (QED) is 0.150. The van der Waals surface area contributed by atoms with Gasteiger partial charge in [-0.3, -0.25) is 14.5 Å². The van der Waals surface area contributed by atoms with E-state index < -0.39 is 29.6 Å². The van der Waals surface area contributed by atoms with Crippen molar-refractivity contribution < 1.29 is 37.5 Å². The molecule has 0 saturated carbocycles. The third kappa shape index (κ3) is 6.50. The first kappa shape index (κ1) is 27.6. The second-order valence-electron chi connectivity index (χ2n) is 7.79. The van der Waals surface area contributed by atoms with E-state index >= 15 is 0 Å². The van der Waals surface area contributed by atoms with Crippen LogP contribution in [0.25, 0.3) is 6.08 Å². The summed E-state index contributed by atoms with van der Waals surface area (Å²) in [6.45, 7) is -0.432. The first-order chi connectivity index (χ1) is 18.1. The minimum absolute atomic E-state index is 0.0373. The highest BCUT2D eigenvalue weighted by molar-refractivity contribution is 14.1. The van der Waals surface area contributed by atoms with E-state index in [1.54, 1.807) is 12.1 Å². The molecule has 13 heteroatoms. The van der Waals surface area contributed by atoms with Crippen molar-refractivity contribution in [3.05, 3.63) is 84.3 Å². The number of amides is 4. The van der Waals surface area contributed by atoms with Crippen molar-refractivity contribution in [2.24, 2.45) is 0 Å². The molecule has 1 aliphatic heterocycles. The van der Waals surface area contributed by atoms with Crippen LogP contribution in [0.15, 0.2) is 58.6 Å². The fraction of sp³-hybridized carbons (Fsp3) is 0.120. The number of carbonyl (C=O) groups excluding carboxylic acids is 4. The van der Waals surface area contributed by atoms with E-state index in [0.717, 1.165) is 4.90 Å². The molecule has 3 aromatic rings. The van der Waals surface area contributed by atoms with Crippen molar-refractivity contribution in [2.75, 3.05) is 19.0 Å². The number of benzene rings is 2. The van der Waals surface area contributed by atoms with Gasteiger partial charge in [-0.05, 0) is 105 Å². The van der Waals surface area contributed by atoms with E-state index in [4.69, 9.17) is 9.15 Å². The number of hydrogen-bond donors (Lipinski definition) is 2. The fourth-order valence-corrected chi connectivity index (χ4v) is 5.51. The van der Waals surface area contributed by atoms with Gasteiger partial charge in [0.1, 0.15) is 23.0 Å². The summed E-state index contributed by atoms with van der Waals surface area (Å²) in [6, 6.07) is 11.1. The van der Waals surface area contributed by atoms with Crippen LogP contribution in [0.2, 0.25) is 0 Å². The average molecular weight is 745 g/mol. The highest BCUT2D eigenvalue weighted by atomic mass is 127. The largest absolute Gasteiger partial charge is 0.482 e. The standard InChI is InChI=1S/C25H18FI2N3O7/c1-36-24(34)20-7-6-16(38-20)11-31-23(33)19(30-25(31)35)10-13-8-17(27)22(18(28)9-13)37-12-21(32)29-15-4-2-14(26)3-5-15/h2-10H,11-12H2,1H3,(H,29,32)(H,30,35)/b19-10-. The third-order valence-electron chi connectivity index (χ3n) is 5.13. The summed E-state index contributed by atoms with van der Waals surface area (Å²) in [5.41, 5.74) is 1.13. The molecule has 1 aromatic heterocycles. The molecule has 2 heterocycles. The summed E-state index contributed by atoms with van der Waals surface area (Å²) in [6.07, 6.45) is 1.53. The number of hydrogen-bond acceptors (Lipinski definition) is 7. The predicted octanol–water partition coefficient (Wildman–Crippen LogP) is 4.52. The zero-order valence-electron chi connectivity index (χ0n) is 19.5. The van der Waals surface area contributed by atoms with E-state index in [2.05, 4.69) is 15.4 Å². The average Bonchev–Trinajstić information content (AvgIpc) is 3.45. The topological polar surface area (TPSA) is 127 Å². The lowest BCUT2D eigenvalue weighted by atomic mass is 10.2. The number of furan rings is 1. The van der Waals surface area contributed by atoms with Gasteiger partial charge < -0.3 is 24.5 Å². The summed E-state index contributed by atoms with van der Waals surface area (Å²) >= 11 is 4.09. The van der Waals surface area contributed by atoms with E-state index in [1.807, 2.05) is 45.2 Å². The minimum Gasteiger partial charge on any atom is -0.482 e. The number of imide groups is 1. The molecule has 2 N–H and O–H groups in total. The van der Waals surface area contributed by atoms with Gasteiger partial charge in [-0.25, -0.2) is 14.0 Å². The summed E-state index contributed by atoms with van der Waals surface area (Å²) in [7, 11) is 1.22. The van der Waals surface area contributed by atoms with Gasteiger partial charge in [-0.2, -0.15) is 0 Å². The maximum absolute atomic E-state index is 13.0. The van der Waals surface area contributed by atoms with Crippen LogP contribution in [0.3, 0.4) is 0 Å². The number of esters is 1. The fourth-order valence-electron chi connectivity index (χ4n) is 3.38. The Bertz CT molecular complexity index is 1430. The van der Waals surface area contributed by atoms with Crippen LogP contribution < -0.4 is 15.4 Å². The monoisotopic (exact) mass is 745 g/mol. The second kappa shape index (κ2) is 11.9. The van der Waals surface area contributed by atoms with Gasteiger partial charge in [0, 0.05) is 5.69 Å². The molecule has 0 radical (unpaired) electrons. The lowest BCUT2D eigenvalue weighted by Gasteiger charge is -2.12. The Morgan fingerprint density at radius 1 is 1.11 bits per heavy atom. The summed E-state index contributed by atoms with van der Waals surface area (Å²) in [5.74, 6) is -1.37. The summed E-state index contributed by atoms with van der Waals surface area (Å²) in [5, 5.41) is 5.16. The van der Waals surface area contributed by atoms with Crippen molar-refractivity contribution in [3.8, 4) is 5.75 Å². The lowest BCUT2D eigenvalue weighted by molar-refractivity contribution is -0.123. The van der Waals surface area contributed by atoms with Crippen LogP contribution in [0.4, 0.5) is 14.9 Å². The molecule has 10 nitrogen and oxygen atoms in total. The number of urea groups is 1. The Morgan fingerprint density at radius 3 is 2.45 bits per heavy atom. The van der Waals surface area contributed by atoms with Gasteiger partial charge in [-0.1, -0.05) is 0 Å². The molecule has 0 aliphatic carbocycles. The third-order valence-corrected chi connectivity index (χ3v) is 6.73. The Hall–Kier alpha value is -3.47. The number of ether oxygens (including phenoxy) is 2. The van der Waals surface area contributed by atoms with Crippen LogP contribution in [-0.4, -0.2) is 42.4 Å². The van der Waals surface area contributed by atoms with E-state index in [1.165, 1.54) is 49.6 Å². The molecule has 0 bridgehead atoms. The number of methoxy groups -OCH3 is 1. The molecule has 38 heavy (non-hydrogen) atoms. The molecule has 4 amide bonds. The Labute approximate surface area is 242 Å². The molecule has 2 aromatic carbocycles. The minimum atomic E-state index is -0.667. The Kier molecular flexibility index (Phi) is 8.65. The van der Waals surface area contributed by atoms with Crippen LogP contribution in [0.5, 0.6) is 5.75 Å². The maximum atomic E-state index is 13.0. The van der Waals surface area contributed by atoms with Gasteiger partial charge in [0.15, 0.2) is 6.61 Å². The molecule has 0 spiro atoms. The number of nitrogens with zero attached hydrogens (tertiary/aromatic N) is 1. The number of anilines is 1. The molecule has 0 atom stereocenters. The van der Waals surface area contributed by atoms with Crippen LogP contribution in [-0.2, 0) is 20.9 Å². The molecule has 196 valence electrons. The van der Waals surface area contributed by atoms with Crippen molar-refractivity contribution in [1.82, 2.24) is 10.2 Å². The van der Waals surface area contributed by atoms with Gasteiger partial charge >= 0.3 is 12.0 Å². The van der Waals surface area contributed by atoms with Gasteiger partial charge in [0.05, 0.1) is 20.8 Å². The Balaban J connectivity index is 1.41.